The molecule has 0 saturated carbocycles. The molecule has 8 aromatic rings. The summed E-state index contributed by atoms with van der Waals surface area (Å²) in [6.45, 7) is 2.16. The van der Waals surface area contributed by atoms with Crippen LogP contribution in [0.4, 0.5) is 0 Å². The van der Waals surface area contributed by atoms with Crippen molar-refractivity contribution in [2.75, 3.05) is 0 Å². The third-order valence-electron chi connectivity index (χ3n) is 7.82. The number of para-hydroxylation sites is 4. The number of fused-ring (bicyclic) bond motifs is 6. The molecule has 184 valence electrons. The SMILES string of the molecule is Cc1cccc(-c2ccccc2-n2c3ccccc3c3ccccc32)c1-c1nccc2c1oc1ccccc12. The van der Waals surface area contributed by atoms with Gasteiger partial charge in [0.25, 0.3) is 0 Å². The van der Waals surface area contributed by atoms with Gasteiger partial charge in [-0.2, -0.15) is 0 Å². The first-order valence-corrected chi connectivity index (χ1v) is 13.2. The summed E-state index contributed by atoms with van der Waals surface area (Å²) in [6.07, 6.45) is 1.90. The second kappa shape index (κ2) is 8.44. The molecular weight excluding hydrogens is 476 g/mol. The lowest BCUT2D eigenvalue weighted by Crippen LogP contribution is -1.99. The zero-order valence-electron chi connectivity index (χ0n) is 21.4. The Morgan fingerprint density at radius 2 is 1.21 bits per heavy atom. The lowest BCUT2D eigenvalue weighted by Gasteiger charge is -2.18. The second-order valence-corrected chi connectivity index (χ2v) is 10.0. The summed E-state index contributed by atoms with van der Waals surface area (Å²) in [5.41, 5.74) is 10.6. The molecule has 8 rings (SSSR count). The van der Waals surface area contributed by atoms with Crippen LogP contribution in [-0.2, 0) is 0 Å². The van der Waals surface area contributed by atoms with Crippen LogP contribution in [0, 0.1) is 6.92 Å². The Bertz CT molecular complexity index is 2140. The highest BCUT2D eigenvalue weighted by atomic mass is 16.3. The van der Waals surface area contributed by atoms with Gasteiger partial charge >= 0.3 is 0 Å². The molecule has 39 heavy (non-hydrogen) atoms. The van der Waals surface area contributed by atoms with E-state index in [1.807, 2.05) is 18.3 Å². The van der Waals surface area contributed by atoms with E-state index in [2.05, 4.69) is 121 Å². The number of pyridine rings is 1. The van der Waals surface area contributed by atoms with Crippen molar-refractivity contribution < 1.29 is 4.42 Å². The Kier molecular flexibility index (Phi) is 4.74. The Hall–Kier alpha value is -5.15. The highest BCUT2D eigenvalue weighted by molar-refractivity contribution is 6.11. The Balaban J connectivity index is 1.45. The van der Waals surface area contributed by atoms with Crippen LogP contribution < -0.4 is 0 Å². The van der Waals surface area contributed by atoms with E-state index >= 15 is 0 Å². The van der Waals surface area contributed by atoms with E-state index in [0.717, 1.165) is 55.6 Å². The first-order chi connectivity index (χ1) is 19.3. The number of hydrogen-bond acceptors (Lipinski definition) is 2. The van der Waals surface area contributed by atoms with Crippen molar-refractivity contribution >= 4 is 43.7 Å². The van der Waals surface area contributed by atoms with E-state index < -0.39 is 0 Å². The van der Waals surface area contributed by atoms with Crippen molar-refractivity contribution in [3.8, 4) is 28.1 Å². The van der Waals surface area contributed by atoms with Crippen molar-refractivity contribution in [3.05, 3.63) is 133 Å². The molecule has 3 heterocycles. The third-order valence-corrected chi connectivity index (χ3v) is 7.82. The molecule has 0 fully saturated rings. The minimum Gasteiger partial charge on any atom is -0.454 e. The molecule has 0 radical (unpaired) electrons. The fourth-order valence-electron chi connectivity index (χ4n) is 6.11. The van der Waals surface area contributed by atoms with Crippen LogP contribution in [0.5, 0.6) is 0 Å². The molecule has 3 nitrogen and oxygen atoms in total. The highest BCUT2D eigenvalue weighted by Crippen LogP contribution is 2.43. The molecular formula is C36H24N2O. The fraction of sp³-hybridized carbons (Fsp3) is 0.0278. The Morgan fingerprint density at radius 3 is 2.00 bits per heavy atom. The average molecular weight is 501 g/mol. The molecule has 0 unspecified atom stereocenters. The largest absolute Gasteiger partial charge is 0.454 e. The van der Waals surface area contributed by atoms with Gasteiger partial charge in [0.15, 0.2) is 5.58 Å². The topological polar surface area (TPSA) is 31.0 Å². The van der Waals surface area contributed by atoms with E-state index in [1.165, 1.54) is 21.8 Å². The predicted molar refractivity (Wildman–Crippen MR) is 161 cm³/mol. The second-order valence-electron chi connectivity index (χ2n) is 10.0. The molecule has 0 aliphatic carbocycles. The molecule has 0 N–H and O–H groups in total. The van der Waals surface area contributed by atoms with Crippen LogP contribution in [0.25, 0.3) is 71.8 Å². The van der Waals surface area contributed by atoms with Crippen LogP contribution in [0.3, 0.4) is 0 Å². The summed E-state index contributed by atoms with van der Waals surface area (Å²) in [5.74, 6) is 0. The molecule has 5 aromatic carbocycles. The number of nitrogens with zero attached hydrogens (tertiary/aromatic N) is 2. The van der Waals surface area contributed by atoms with Gasteiger partial charge in [0.05, 0.1) is 16.7 Å². The normalized spacial score (nSPS) is 11.7. The van der Waals surface area contributed by atoms with E-state index in [1.54, 1.807) is 0 Å². The van der Waals surface area contributed by atoms with Gasteiger partial charge in [-0.25, -0.2) is 0 Å². The van der Waals surface area contributed by atoms with Crippen molar-refractivity contribution in [1.82, 2.24) is 9.55 Å². The molecule has 0 atom stereocenters. The van der Waals surface area contributed by atoms with Gasteiger partial charge in [-0.15, -0.1) is 0 Å². The maximum atomic E-state index is 6.43. The number of hydrogen-bond donors (Lipinski definition) is 0. The maximum absolute atomic E-state index is 6.43. The van der Waals surface area contributed by atoms with Gasteiger partial charge < -0.3 is 8.98 Å². The summed E-state index contributed by atoms with van der Waals surface area (Å²) in [6, 6.07) is 42.7. The van der Waals surface area contributed by atoms with Crippen LogP contribution in [0.15, 0.2) is 132 Å². The highest BCUT2D eigenvalue weighted by Gasteiger charge is 2.21. The minimum atomic E-state index is 0.823. The summed E-state index contributed by atoms with van der Waals surface area (Å²) in [7, 11) is 0. The molecule has 0 spiro atoms. The van der Waals surface area contributed by atoms with Gasteiger partial charge in [0.1, 0.15) is 11.3 Å². The molecule has 0 saturated heterocycles. The van der Waals surface area contributed by atoms with E-state index in [-0.39, 0.29) is 0 Å². The molecule has 0 bridgehead atoms. The third kappa shape index (κ3) is 3.20. The fourth-order valence-corrected chi connectivity index (χ4v) is 6.11. The zero-order chi connectivity index (χ0) is 25.9. The van der Waals surface area contributed by atoms with Gasteiger partial charge in [0.2, 0.25) is 0 Å². The van der Waals surface area contributed by atoms with Gasteiger partial charge in [0, 0.05) is 38.9 Å². The number of aromatic nitrogens is 2. The maximum Gasteiger partial charge on any atom is 0.161 e. The van der Waals surface area contributed by atoms with E-state index in [9.17, 15) is 0 Å². The zero-order valence-corrected chi connectivity index (χ0v) is 21.4. The summed E-state index contributed by atoms with van der Waals surface area (Å²) in [4.78, 5) is 4.91. The number of rotatable bonds is 3. The number of benzene rings is 5. The van der Waals surface area contributed by atoms with Crippen molar-refractivity contribution in [2.45, 2.75) is 6.92 Å². The summed E-state index contributed by atoms with van der Waals surface area (Å²) >= 11 is 0. The first-order valence-electron chi connectivity index (χ1n) is 13.2. The molecule has 0 amide bonds. The monoisotopic (exact) mass is 500 g/mol. The average Bonchev–Trinajstić information content (AvgIpc) is 3.53. The van der Waals surface area contributed by atoms with Crippen molar-refractivity contribution in [1.29, 1.82) is 0 Å². The molecule has 0 aliphatic rings. The lowest BCUT2D eigenvalue weighted by atomic mass is 9.92. The molecule has 3 heteroatoms. The van der Waals surface area contributed by atoms with Crippen LogP contribution in [0.2, 0.25) is 0 Å². The van der Waals surface area contributed by atoms with Gasteiger partial charge in [-0.1, -0.05) is 91.0 Å². The lowest BCUT2D eigenvalue weighted by molar-refractivity contribution is 0.668. The minimum absolute atomic E-state index is 0.823. The van der Waals surface area contributed by atoms with Crippen LogP contribution in [-0.4, -0.2) is 9.55 Å². The van der Waals surface area contributed by atoms with Crippen LogP contribution in [0.1, 0.15) is 5.56 Å². The summed E-state index contributed by atoms with van der Waals surface area (Å²) in [5, 5.41) is 4.69. The van der Waals surface area contributed by atoms with E-state index in [4.69, 9.17) is 9.40 Å². The summed E-state index contributed by atoms with van der Waals surface area (Å²) < 4.78 is 8.82. The Morgan fingerprint density at radius 1 is 0.564 bits per heavy atom. The number of aryl methyl sites for hydroxylation is 1. The quantitative estimate of drug-likeness (QED) is 0.242. The van der Waals surface area contributed by atoms with Crippen LogP contribution >= 0.6 is 0 Å². The predicted octanol–water partition coefficient (Wildman–Crippen LogP) is 9.72. The van der Waals surface area contributed by atoms with Gasteiger partial charge in [-0.3, -0.25) is 4.98 Å². The Labute approximate surface area is 225 Å². The first kappa shape index (κ1) is 21.9. The molecule has 0 aliphatic heterocycles. The van der Waals surface area contributed by atoms with Gasteiger partial charge in [-0.05, 0) is 48.4 Å². The van der Waals surface area contributed by atoms with Crippen molar-refractivity contribution in [2.24, 2.45) is 0 Å². The number of furan rings is 1. The smallest absolute Gasteiger partial charge is 0.161 e. The van der Waals surface area contributed by atoms with Crippen molar-refractivity contribution in [3.63, 3.8) is 0 Å². The van der Waals surface area contributed by atoms with E-state index in [0.29, 0.717) is 0 Å². The molecule has 3 aromatic heterocycles. The standard InChI is InChI=1S/C36H24N2O/c1-23-11-10-16-28(34(23)35-36-29(21-22-37-35)27-15-5-9-20-33(27)39-36)26-14-4-8-19-32(26)38-30-17-6-2-12-24(30)25-13-3-7-18-31(25)38/h2-22H,1H3.